The summed E-state index contributed by atoms with van der Waals surface area (Å²) in [6, 6.07) is 12.8. The van der Waals surface area contributed by atoms with E-state index in [-0.39, 0.29) is 6.04 Å². The molecular formula is C16H14BrCl2NO. The quantitative estimate of drug-likeness (QED) is 0.664. The molecule has 110 valence electrons. The number of benzene rings is 2. The fourth-order valence-electron chi connectivity index (χ4n) is 2.11. The Morgan fingerprint density at radius 3 is 2.43 bits per heavy atom. The third kappa shape index (κ3) is 4.30. The predicted octanol–water partition coefficient (Wildman–Crippen LogP) is 5.13. The summed E-state index contributed by atoms with van der Waals surface area (Å²) in [5, 5.41) is 1.21. The molecule has 0 radical (unpaired) electrons. The first-order valence-corrected chi connectivity index (χ1v) is 7.91. The molecule has 0 heterocycles. The van der Waals surface area contributed by atoms with E-state index in [2.05, 4.69) is 15.9 Å². The van der Waals surface area contributed by atoms with E-state index in [9.17, 15) is 4.79 Å². The lowest BCUT2D eigenvalue weighted by atomic mass is 10.1. The third-order valence-corrected chi connectivity index (χ3v) is 4.37. The molecule has 0 saturated heterocycles. The highest BCUT2D eigenvalue weighted by Crippen LogP contribution is 2.26. The Bertz CT molecular complexity index is 631. The van der Waals surface area contributed by atoms with Crippen molar-refractivity contribution in [1.82, 2.24) is 4.90 Å². The minimum absolute atomic E-state index is 0.315. The van der Waals surface area contributed by atoms with E-state index in [0.29, 0.717) is 16.6 Å². The topological polar surface area (TPSA) is 20.3 Å². The van der Waals surface area contributed by atoms with E-state index in [0.717, 1.165) is 21.9 Å². The Kier molecular flexibility index (Phi) is 5.82. The molecule has 2 aromatic carbocycles. The van der Waals surface area contributed by atoms with Crippen molar-refractivity contribution in [2.45, 2.75) is 12.6 Å². The smallest absolute Gasteiger partial charge is 0.141 e. The van der Waals surface area contributed by atoms with Crippen LogP contribution in [0.5, 0.6) is 0 Å². The molecule has 0 fully saturated rings. The Hall–Kier alpha value is -0.870. The van der Waals surface area contributed by atoms with Gasteiger partial charge in [0.15, 0.2) is 0 Å². The second-order valence-electron chi connectivity index (χ2n) is 4.78. The minimum Gasteiger partial charge on any atom is -0.301 e. The van der Waals surface area contributed by atoms with Crippen LogP contribution in [-0.2, 0) is 11.3 Å². The van der Waals surface area contributed by atoms with E-state index < -0.39 is 0 Å². The fraction of sp³-hybridized carbons (Fsp3) is 0.188. The van der Waals surface area contributed by atoms with Crippen LogP contribution in [0.25, 0.3) is 0 Å². The first-order chi connectivity index (χ1) is 10.0. The Morgan fingerprint density at radius 2 is 1.86 bits per heavy atom. The molecule has 5 heteroatoms. The van der Waals surface area contributed by atoms with E-state index in [4.69, 9.17) is 23.2 Å². The number of carbonyl (C=O) groups excluding carboxylic acids is 1. The van der Waals surface area contributed by atoms with Crippen molar-refractivity contribution in [3.05, 3.63) is 68.1 Å². The monoisotopic (exact) mass is 385 g/mol. The number of hydrogen-bond donors (Lipinski definition) is 0. The molecule has 21 heavy (non-hydrogen) atoms. The highest BCUT2D eigenvalue weighted by molar-refractivity contribution is 9.10. The number of hydrogen-bond acceptors (Lipinski definition) is 2. The van der Waals surface area contributed by atoms with Gasteiger partial charge in [0.1, 0.15) is 6.29 Å². The third-order valence-electron chi connectivity index (χ3n) is 3.25. The lowest BCUT2D eigenvalue weighted by Crippen LogP contribution is -2.25. The lowest BCUT2D eigenvalue weighted by molar-refractivity contribution is -0.112. The van der Waals surface area contributed by atoms with Gasteiger partial charge in [0, 0.05) is 21.1 Å². The van der Waals surface area contributed by atoms with Crippen LogP contribution in [0.1, 0.15) is 17.2 Å². The van der Waals surface area contributed by atoms with Gasteiger partial charge in [-0.3, -0.25) is 4.90 Å². The average Bonchev–Trinajstić information content (AvgIpc) is 2.45. The Balaban J connectivity index is 2.18. The van der Waals surface area contributed by atoms with Crippen LogP contribution in [0.15, 0.2) is 46.9 Å². The van der Waals surface area contributed by atoms with Crippen LogP contribution in [-0.4, -0.2) is 18.2 Å². The maximum Gasteiger partial charge on any atom is 0.141 e. The number of likely N-dealkylation sites (N-methyl/N-ethyl adjacent to an activating group) is 1. The van der Waals surface area contributed by atoms with Gasteiger partial charge in [0.05, 0.1) is 6.04 Å². The summed E-state index contributed by atoms with van der Waals surface area (Å²) in [4.78, 5) is 13.4. The average molecular weight is 387 g/mol. The SMILES string of the molecule is CN(Cc1ccc(Cl)cc1Cl)C(C=O)c1ccc(Br)cc1. The molecular weight excluding hydrogens is 373 g/mol. The lowest BCUT2D eigenvalue weighted by Gasteiger charge is -2.24. The molecule has 1 atom stereocenters. The van der Waals surface area contributed by atoms with Crippen molar-refractivity contribution in [2.24, 2.45) is 0 Å². The molecule has 0 aromatic heterocycles. The molecule has 0 spiro atoms. The normalized spacial score (nSPS) is 12.4. The van der Waals surface area contributed by atoms with Gasteiger partial charge in [-0.05, 0) is 42.4 Å². The van der Waals surface area contributed by atoms with Crippen LogP contribution >= 0.6 is 39.1 Å². The first kappa shape index (κ1) is 16.5. The predicted molar refractivity (Wildman–Crippen MR) is 90.9 cm³/mol. The van der Waals surface area contributed by atoms with Gasteiger partial charge in [-0.2, -0.15) is 0 Å². The van der Waals surface area contributed by atoms with Crippen LogP contribution < -0.4 is 0 Å². The van der Waals surface area contributed by atoms with E-state index in [1.165, 1.54) is 0 Å². The summed E-state index contributed by atoms with van der Waals surface area (Å²) in [7, 11) is 1.89. The zero-order valence-electron chi connectivity index (χ0n) is 11.4. The minimum atomic E-state index is -0.315. The summed E-state index contributed by atoms with van der Waals surface area (Å²) in [5.74, 6) is 0. The second-order valence-corrected chi connectivity index (χ2v) is 6.54. The number of rotatable bonds is 5. The molecule has 1 unspecified atom stereocenters. The van der Waals surface area contributed by atoms with Gasteiger partial charge in [-0.15, -0.1) is 0 Å². The zero-order valence-corrected chi connectivity index (χ0v) is 14.5. The van der Waals surface area contributed by atoms with Gasteiger partial charge >= 0.3 is 0 Å². The van der Waals surface area contributed by atoms with Crippen molar-refractivity contribution in [1.29, 1.82) is 0 Å². The maximum atomic E-state index is 11.5. The summed E-state index contributed by atoms with van der Waals surface area (Å²) >= 11 is 15.5. The van der Waals surface area contributed by atoms with Gasteiger partial charge in [0.25, 0.3) is 0 Å². The molecule has 2 aromatic rings. The highest BCUT2D eigenvalue weighted by atomic mass is 79.9. The molecule has 0 bridgehead atoms. The van der Waals surface area contributed by atoms with Crippen molar-refractivity contribution < 1.29 is 4.79 Å². The zero-order chi connectivity index (χ0) is 15.4. The molecule has 0 aliphatic carbocycles. The van der Waals surface area contributed by atoms with Crippen molar-refractivity contribution in [3.8, 4) is 0 Å². The van der Waals surface area contributed by atoms with Crippen molar-refractivity contribution in [3.63, 3.8) is 0 Å². The van der Waals surface area contributed by atoms with E-state index in [1.54, 1.807) is 12.1 Å². The molecule has 2 rings (SSSR count). The number of nitrogens with zero attached hydrogens (tertiary/aromatic N) is 1. The maximum absolute atomic E-state index is 11.5. The standard InChI is InChI=1S/C16H14BrCl2NO/c1-20(9-12-4-7-14(18)8-15(12)19)16(10-21)11-2-5-13(17)6-3-11/h2-8,10,16H,9H2,1H3. The van der Waals surface area contributed by atoms with Crippen LogP contribution in [0, 0.1) is 0 Å². The number of carbonyl (C=O) groups is 1. The molecule has 0 amide bonds. The molecule has 0 saturated carbocycles. The van der Waals surface area contributed by atoms with Gasteiger partial charge in [0.2, 0.25) is 0 Å². The Morgan fingerprint density at radius 1 is 1.19 bits per heavy atom. The summed E-state index contributed by atoms with van der Waals surface area (Å²) in [5.41, 5.74) is 1.88. The molecule has 2 nitrogen and oxygen atoms in total. The van der Waals surface area contributed by atoms with Crippen LogP contribution in [0.4, 0.5) is 0 Å². The van der Waals surface area contributed by atoms with E-state index in [1.807, 2.05) is 42.3 Å². The highest BCUT2D eigenvalue weighted by Gasteiger charge is 2.17. The molecule has 0 aliphatic heterocycles. The van der Waals surface area contributed by atoms with Gasteiger partial charge < -0.3 is 4.79 Å². The fourth-order valence-corrected chi connectivity index (χ4v) is 2.85. The van der Waals surface area contributed by atoms with Crippen molar-refractivity contribution in [2.75, 3.05) is 7.05 Å². The molecule has 0 N–H and O–H groups in total. The first-order valence-electron chi connectivity index (χ1n) is 6.36. The second kappa shape index (κ2) is 7.41. The van der Waals surface area contributed by atoms with Gasteiger partial charge in [-0.1, -0.05) is 57.3 Å². The molecule has 0 aliphatic rings. The Labute approximate surface area is 142 Å². The largest absolute Gasteiger partial charge is 0.301 e. The van der Waals surface area contributed by atoms with Gasteiger partial charge in [-0.25, -0.2) is 0 Å². The van der Waals surface area contributed by atoms with Crippen molar-refractivity contribution >= 4 is 45.4 Å². The van der Waals surface area contributed by atoms with Crippen LogP contribution in [0.3, 0.4) is 0 Å². The van der Waals surface area contributed by atoms with E-state index >= 15 is 0 Å². The summed E-state index contributed by atoms with van der Waals surface area (Å²) in [6.07, 6.45) is 0.938. The van der Waals surface area contributed by atoms with Crippen LogP contribution in [0.2, 0.25) is 10.0 Å². The number of halogens is 3. The number of aldehydes is 1. The summed E-state index contributed by atoms with van der Waals surface area (Å²) < 4.78 is 0.985. The summed E-state index contributed by atoms with van der Waals surface area (Å²) in [6.45, 7) is 0.565.